The molecule has 0 saturated carbocycles. The molecule has 0 radical (unpaired) electrons. The Kier molecular flexibility index (Phi) is 4.67. The smallest absolute Gasteiger partial charge is 0.216 e. The fraction of sp³-hybridized carbons (Fsp3) is 0.571. The highest BCUT2D eigenvalue weighted by atomic mass is 32.2. The molecular weight excluding hydrogens is 278 g/mol. The molecule has 1 aromatic carbocycles. The molecule has 112 valence electrons. The van der Waals surface area contributed by atoms with Gasteiger partial charge < -0.3 is 9.84 Å². The van der Waals surface area contributed by atoms with Crippen LogP contribution in [0.25, 0.3) is 0 Å². The largest absolute Gasteiger partial charge is 0.508 e. The molecule has 1 aromatic rings. The molecule has 2 unspecified atom stereocenters. The standard InChI is InChI=1S/C14H21NO4S/c1-11(13-7-3-4-8-14(13)16)15(2)20(17,18)10-12-6-5-9-19-12/h3-4,7-8,11-12,16H,5-6,9-10H2,1-2H3. The van der Waals surface area contributed by atoms with Gasteiger partial charge in [0.15, 0.2) is 0 Å². The van der Waals surface area contributed by atoms with E-state index in [2.05, 4.69) is 0 Å². The van der Waals surface area contributed by atoms with Gasteiger partial charge >= 0.3 is 0 Å². The van der Waals surface area contributed by atoms with Gasteiger partial charge in [0.05, 0.1) is 17.9 Å². The lowest BCUT2D eigenvalue weighted by Crippen LogP contribution is -2.35. The van der Waals surface area contributed by atoms with Crippen LogP contribution in [0, 0.1) is 0 Å². The maximum atomic E-state index is 12.4. The fourth-order valence-corrected chi connectivity index (χ4v) is 3.97. The van der Waals surface area contributed by atoms with Crippen LogP contribution in [0.15, 0.2) is 24.3 Å². The summed E-state index contributed by atoms with van der Waals surface area (Å²) in [7, 11) is -1.87. The molecule has 1 fully saturated rings. The van der Waals surface area contributed by atoms with Crippen molar-refractivity contribution in [2.75, 3.05) is 19.4 Å². The number of aromatic hydroxyl groups is 1. The lowest BCUT2D eigenvalue weighted by Gasteiger charge is -2.26. The zero-order valence-electron chi connectivity index (χ0n) is 11.8. The Hall–Kier alpha value is -1.11. The van der Waals surface area contributed by atoms with Gasteiger partial charge in [-0.2, -0.15) is 4.31 Å². The van der Waals surface area contributed by atoms with Gasteiger partial charge in [-0.05, 0) is 25.8 Å². The molecule has 1 aliphatic rings. The summed E-state index contributed by atoms with van der Waals surface area (Å²) in [5.41, 5.74) is 0.603. The number of sulfonamides is 1. The number of phenols is 1. The van der Waals surface area contributed by atoms with E-state index in [9.17, 15) is 13.5 Å². The Bertz CT molecular complexity index is 552. The Morgan fingerprint density at radius 2 is 2.15 bits per heavy atom. The molecule has 1 aliphatic heterocycles. The number of benzene rings is 1. The number of hydrogen-bond donors (Lipinski definition) is 1. The molecule has 0 bridgehead atoms. The van der Waals surface area contributed by atoms with Crippen LogP contribution in [0.2, 0.25) is 0 Å². The van der Waals surface area contributed by atoms with Crippen molar-refractivity contribution in [3.8, 4) is 5.75 Å². The van der Waals surface area contributed by atoms with Crippen LogP contribution < -0.4 is 0 Å². The Morgan fingerprint density at radius 3 is 2.75 bits per heavy atom. The summed E-state index contributed by atoms with van der Waals surface area (Å²) in [5.74, 6) is 0.112. The first kappa shape index (κ1) is 15.3. The maximum absolute atomic E-state index is 12.4. The number of ether oxygens (including phenoxy) is 1. The first-order valence-corrected chi connectivity index (χ1v) is 8.38. The maximum Gasteiger partial charge on any atom is 0.216 e. The Balaban J connectivity index is 2.13. The van der Waals surface area contributed by atoms with E-state index in [0.29, 0.717) is 12.2 Å². The molecule has 1 heterocycles. The van der Waals surface area contributed by atoms with Crippen molar-refractivity contribution in [2.45, 2.75) is 31.9 Å². The minimum atomic E-state index is -3.41. The van der Waals surface area contributed by atoms with Crippen molar-refractivity contribution in [1.82, 2.24) is 4.31 Å². The van der Waals surface area contributed by atoms with Gasteiger partial charge in [-0.1, -0.05) is 18.2 Å². The molecule has 5 nitrogen and oxygen atoms in total. The van der Waals surface area contributed by atoms with Crippen molar-refractivity contribution >= 4 is 10.0 Å². The van der Waals surface area contributed by atoms with Crippen LogP contribution >= 0.6 is 0 Å². The minimum Gasteiger partial charge on any atom is -0.508 e. The zero-order valence-corrected chi connectivity index (χ0v) is 12.6. The van der Waals surface area contributed by atoms with E-state index in [4.69, 9.17) is 4.74 Å². The summed E-state index contributed by atoms with van der Waals surface area (Å²) in [6, 6.07) is 6.38. The van der Waals surface area contributed by atoms with Crippen LogP contribution in [0.5, 0.6) is 5.75 Å². The highest BCUT2D eigenvalue weighted by Crippen LogP contribution is 2.29. The van der Waals surface area contributed by atoms with Crippen LogP contribution in [-0.2, 0) is 14.8 Å². The third-order valence-electron chi connectivity index (χ3n) is 3.79. The average molecular weight is 299 g/mol. The summed E-state index contributed by atoms with van der Waals surface area (Å²) in [4.78, 5) is 0. The van der Waals surface area contributed by atoms with E-state index in [1.165, 1.54) is 4.31 Å². The van der Waals surface area contributed by atoms with Gasteiger partial charge in [0.2, 0.25) is 10.0 Å². The first-order chi connectivity index (χ1) is 9.42. The zero-order chi connectivity index (χ0) is 14.8. The van der Waals surface area contributed by atoms with Gasteiger partial charge in [-0.3, -0.25) is 0 Å². The number of phenolic OH excluding ortho intramolecular Hbond substituents is 1. The molecule has 0 aliphatic carbocycles. The molecule has 2 rings (SSSR count). The van der Waals surface area contributed by atoms with E-state index in [-0.39, 0.29) is 17.6 Å². The number of para-hydroxylation sites is 1. The van der Waals surface area contributed by atoms with Crippen molar-refractivity contribution < 1.29 is 18.3 Å². The minimum absolute atomic E-state index is 0.00142. The van der Waals surface area contributed by atoms with Crippen molar-refractivity contribution in [2.24, 2.45) is 0 Å². The van der Waals surface area contributed by atoms with E-state index in [0.717, 1.165) is 12.8 Å². The monoisotopic (exact) mass is 299 g/mol. The SMILES string of the molecule is CC(c1ccccc1O)N(C)S(=O)(=O)CC1CCCO1. The lowest BCUT2D eigenvalue weighted by molar-refractivity contribution is 0.126. The summed E-state index contributed by atoms with van der Waals surface area (Å²) >= 11 is 0. The molecular formula is C14H21NO4S. The summed E-state index contributed by atoms with van der Waals surface area (Å²) < 4.78 is 31.5. The molecule has 1 saturated heterocycles. The summed E-state index contributed by atoms with van der Waals surface area (Å²) in [6.45, 7) is 2.40. The normalized spacial score (nSPS) is 21.2. The molecule has 1 N–H and O–H groups in total. The summed E-state index contributed by atoms with van der Waals surface area (Å²) in [5, 5.41) is 9.83. The third-order valence-corrected chi connectivity index (χ3v) is 5.78. The van der Waals surface area contributed by atoms with E-state index < -0.39 is 16.1 Å². The second kappa shape index (κ2) is 6.11. The van der Waals surface area contributed by atoms with Crippen LogP contribution in [0.4, 0.5) is 0 Å². The van der Waals surface area contributed by atoms with Crippen LogP contribution in [0.3, 0.4) is 0 Å². The Labute approximate surface area is 120 Å². The number of hydrogen-bond acceptors (Lipinski definition) is 4. The van der Waals surface area contributed by atoms with Crippen molar-refractivity contribution in [3.05, 3.63) is 29.8 Å². The molecule has 0 spiro atoms. The third kappa shape index (κ3) is 3.31. The Morgan fingerprint density at radius 1 is 1.45 bits per heavy atom. The van der Waals surface area contributed by atoms with Crippen LogP contribution in [-0.4, -0.2) is 43.3 Å². The van der Waals surface area contributed by atoms with E-state index in [1.54, 1.807) is 38.2 Å². The van der Waals surface area contributed by atoms with Crippen molar-refractivity contribution in [3.63, 3.8) is 0 Å². The highest BCUT2D eigenvalue weighted by molar-refractivity contribution is 7.89. The molecule has 0 amide bonds. The fourth-order valence-electron chi connectivity index (χ4n) is 2.41. The van der Waals surface area contributed by atoms with Gasteiger partial charge in [-0.25, -0.2) is 8.42 Å². The molecule has 0 aromatic heterocycles. The van der Waals surface area contributed by atoms with Crippen LogP contribution in [0.1, 0.15) is 31.4 Å². The summed E-state index contributed by atoms with van der Waals surface area (Å²) in [6.07, 6.45) is 1.50. The van der Waals surface area contributed by atoms with Gasteiger partial charge in [-0.15, -0.1) is 0 Å². The number of nitrogens with zero attached hydrogens (tertiary/aromatic N) is 1. The second-order valence-corrected chi connectivity index (χ2v) is 7.24. The van der Waals surface area contributed by atoms with Gasteiger partial charge in [0.1, 0.15) is 5.75 Å². The van der Waals surface area contributed by atoms with Gasteiger partial charge in [0, 0.05) is 19.2 Å². The molecule has 20 heavy (non-hydrogen) atoms. The van der Waals surface area contributed by atoms with E-state index >= 15 is 0 Å². The van der Waals surface area contributed by atoms with Gasteiger partial charge in [0.25, 0.3) is 0 Å². The number of rotatable bonds is 5. The quantitative estimate of drug-likeness (QED) is 0.901. The first-order valence-electron chi connectivity index (χ1n) is 6.77. The second-order valence-electron chi connectivity index (χ2n) is 5.16. The lowest BCUT2D eigenvalue weighted by atomic mass is 10.1. The molecule has 2 atom stereocenters. The van der Waals surface area contributed by atoms with Crippen molar-refractivity contribution in [1.29, 1.82) is 0 Å². The van der Waals surface area contributed by atoms with E-state index in [1.807, 2.05) is 0 Å². The molecule has 6 heteroatoms. The predicted molar refractivity (Wildman–Crippen MR) is 77.0 cm³/mol. The highest BCUT2D eigenvalue weighted by Gasteiger charge is 2.30. The topological polar surface area (TPSA) is 66.8 Å². The average Bonchev–Trinajstić information content (AvgIpc) is 2.89. The predicted octanol–water partition coefficient (Wildman–Crippen LogP) is 1.89.